The highest BCUT2D eigenvalue weighted by Crippen LogP contribution is 2.16. The Morgan fingerprint density at radius 1 is 1.25 bits per heavy atom. The summed E-state index contributed by atoms with van der Waals surface area (Å²) in [5.74, 6) is 2.65. The Labute approximate surface area is 105 Å². The van der Waals surface area contributed by atoms with Crippen molar-refractivity contribution in [3.05, 3.63) is 0 Å². The number of hydrogen-bond acceptors (Lipinski definition) is 3. The lowest BCUT2D eigenvalue weighted by Crippen LogP contribution is -2.28. The minimum absolute atomic E-state index is 0.00335. The fraction of sp³-hybridized carbons (Fsp3) is 0.923. The lowest BCUT2D eigenvalue weighted by molar-refractivity contribution is -0.158. The van der Waals surface area contributed by atoms with Crippen molar-refractivity contribution in [3.63, 3.8) is 0 Å². The summed E-state index contributed by atoms with van der Waals surface area (Å²) < 4.78 is 5.33. The van der Waals surface area contributed by atoms with Crippen molar-refractivity contribution in [1.29, 1.82) is 0 Å². The van der Waals surface area contributed by atoms with E-state index in [0.29, 0.717) is 0 Å². The van der Waals surface area contributed by atoms with Gasteiger partial charge in [0.05, 0.1) is 5.92 Å². The monoisotopic (exact) mass is 246 g/mol. The fourth-order valence-corrected chi connectivity index (χ4v) is 2.34. The molecule has 0 bridgehead atoms. The lowest BCUT2D eigenvalue weighted by atomic mass is 10.1. The maximum absolute atomic E-state index is 11.7. The van der Waals surface area contributed by atoms with Gasteiger partial charge in [-0.3, -0.25) is 4.79 Å². The van der Waals surface area contributed by atoms with Gasteiger partial charge in [0.2, 0.25) is 0 Å². The largest absolute Gasteiger partial charge is 0.460 e. The molecule has 0 radical (unpaired) electrons. The van der Waals surface area contributed by atoms with Gasteiger partial charge in [-0.05, 0) is 38.9 Å². The van der Waals surface area contributed by atoms with E-state index in [1.807, 2.05) is 39.5 Å². The van der Waals surface area contributed by atoms with Gasteiger partial charge in [0.1, 0.15) is 5.60 Å². The molecule has 0 rings (SSSR count). The molecule has 0 saturated carbocycles. The van der Waals surface area contributed by atoms with Crippen LogP contribution in [0.25, 0.3) is 0 Å². The second-order valence-electron chi connectivity index (χ2n) is 5.69. The first-order valence-corrected chi connectivity index (χ1v) is 7.18. The van der Waals surface area contributed by atoms with Crippen LogP contribution in [0.3, 0.4) is 0 Å². The Balaban J connectivity index is 3.72. The molecule has 96 valence electrons. The summed E-state index contributed by atoms with van der Waals surface area (Å²) in [4.78, 5) is 11.7. The van der Waals surface area contributed by atoms with E-state index in [1.54, 1.807) is 0 Å². The van der Waals surface area contributed by atoms with Crippen LogP contribution < -0.4 is 0 Å². The predicted octanol–water partition coefficient (Wildman–Crippen LogP) is 3.74. The van der Waals surface area contributed by atoms with Gasteiger partial charge in [-0.2, -0.15) is 11.8 Å². The quantitative estimate of drug-likeness (QED) is 0.527. The molecular formula is C13H26O2S. The molecule has 0 unspecified atom stereocenters. The van der Waals surface area contributed by atoms with Crippen LogP contribution in [0.5, 0.6) is 0 Å². The van der Waals surface area contributed by atoms with Gasteiger partial charge in [-0.1, -0.05) is 20.8 Å². The van der Waals surface area contributed by atoms with Crippen LogP contribution in [0.2, 0.25) is 0 Å². The van der Waals surface area contributed by atoms with Crippen LogP contribution in [-0.4, -0.2) is 23.1 Å². The second kappa shape index (κ2) is 7.21. The molecule has 0 aliphatic carbocycles. The van der Waals surface area contributed by atoms with E-state index in [2.05, 4.69) is 13.8 Å². The van der Waals surface area contributed by atoms with E-state index in [-0.39, 0.29) is 17.5 Å². The van der Waals surface area contributed by atoms with Crippen molar-refractivity contribution in [2.75, 3.05) is 11.5 Å². The van der Waals surface area contributed by atoms with E-state index in [1.165, 1.54) is 6.42 Å². The number of thioether (sulfide) groups is 1. The summed E-state index contributed by atoms with van der Waals surface area (Å²) in [7, 11) is 0. The Bertz CT molecular complexity index is 206. The molecule has 0 spiro atoms. The number of ether oxygens (including phenoxy) is 1. The van der Waals surface area contributed by atoms with Crippen molar-refractivity contribution in [3.8, 4) is 0 Å². The van der Waals surface area contributed by atoms with Gasteiger partial charge in [0, 0.05) is 5.75 Å². The van der Waals surface area contributed by atoms with E-state index < -0.39 is 0 Å². The molecule has 0 aromatic rings. The number of carbonyl (C=O) groups excluding carboxylic acids is 1. The summed E-state index contributed by atoms with van der Waals surface area (Å²) >= 11 is 1.84. The van der Waals surface area contributed by atoms with Crippen LogP contribution in [0.15, 0.2) is 0 Å². The molecule has 1 atom stereocenters. The second-order valence-corrected chi connectivity index (χ2v) is 6.84. The minimum atomic E-state index is -0.367. The molecule has 16 heavy (non-hydrogen) atoms. The fourth-order valence-electron chi connectivity index (χ4n) is 1.05. The van der Waals surface area contributed by atoms with Crippen LogP contribution in [-0.2, 0) is 9.53 Å². The highest BCUT2D eigenvalue weighted by molar-refractivity contribution is 7.99. The van der Waals surface area contributed by atoms with Gasteiger partial charge < -0.3 is 4.74 Å². The average molecular weight is 246 g/mol. The zero-order valence-electron chi connectivity index (χ0n) is 11.5. The number of hydrogen-bond donors (Lipinski definition) is 0. The highest BCUT2D eigenvalue weighted by atomic mass is 32.2. The molecule has 0 saturated heterocycles. The van der Waals surface area contributed by atoms with Crippen molar-refractivity contribution >= 4 is 17.7 Å². The van der Waals surface area contributed by atoms with Gasteiger partial charge in [0.15, 0.2) is 0 Å². The topological polar surface area (TPSA) is 26.3 Å². The molecule has 0 N–H and O–H groups in total. The predicted molar refractivity (Wildman–Crippen MR) is 71.8 cm³/mol. The van der Waals surface area contributed by atoms with Crippen molar-refractivity contribution < 1.29 is 9.53 Å². The summed E-state index contributed by atoms with van der Waals surface area (Å²) in [6.45, 7) is 12.1. The summed E-state index contributed by atoms with van der Waals surface area (Å²) in [5, 5.41) is 0. The molecule has 0 aromatic carbocycles. The van der Waals surface area contributed by atoms with Crippen LogP contribution in [0.1, 0.15) is 48.0 Å². The number of rotatable bonds is 6. The van der Waals surface area contributed by atoms with Crippen molar-refractivity contribution in [1.82, 2.24) is 0 Å². The lowest BCUT2D eigenvalue weighted by Gasteiger charge is -2.22. The molecule has 0 amide bonds. The maximum atomic E-state index is 11.7. The number of esters is 1. The molecule has 2 nitrogen and oxygen atoms in total. The Morgan fingerprint density at radius 3 is 2.25 bits per heavy atom. The molecule has 0 aliphatic rings. The van der Waals surface area contributed by atoms with Gasteiger partial charge in [-0.25, -0.2) is 0 Å². The first-order chi connectivity index (χ1) is 7.22. The normalized spacial score (nSPS) is 13.9. The first-order valence-electron chi connectivity index (χ1n) is 6.03. The van der Waals surface area contributed by atoms with Crippen molar-refractivity contribution in [2.45, 2.75) is 53.6 Å². The Kier molecular flexibility index (Phi) is 7.12. The smallest absolute Gasteiger partial charge is 0.310 e. The van der Waals surface area contributed by atoms with E-state index in [0.717, 1.165) is 17.4 Å². The van der Waals surface area contributed by atoms with Crippen LogP contribution >= 0.6 is 11.8 Å². The molecule has 3 heteroatoms. The zero-order valence-corrected chi connectivity index (χ0v) is 12.3. The third-order valence-electron chi connectivity index (χ3n) is 2.02. The molecule has 0 heterocycles. The van der Waals surface area contributed by atoms with E-state index in [9.17, 15) is 4.79 Å². The van der Waals surface area contributed by atoms with E-state index in [4.69, 9.17) is 4.74 Å². The highest BCUT2D eigenvalue weighted by Gasteiger charge is 2.21. The minimum Gasteiger partial charge on any atom is -0.460 e. The molecule has 0 aromatic heterocycles. The van der Waals surface area contributed by atoms with Gasteiger partial charge in [-0.15, -0.1) is 0 Å². The zero-order chi connectivity index (χ0) is 12.8. The molecular weight excluding hydrogens is 220 g/mol. The Hall–Kier alpha value is -0.180. The standard InChI is InChI=1S/C13H26O2S/c1-10(2)7-8-16-9-11(3)12(14)15-13(4,5)6/h10-11H,7-9H2,1-6H3/t11-/m0/s1. The first kappa shape index (κ1) is 15.8. The van der Waals surface area contributed by atoms with Gasteiger partial charge >= 0.3 is 5.97 Å². The SMILES string of the molecule is CC(C)CCSC[C@H](C)C(=O)OC(C)(C)C. The Morgan fingerprint density at radius 2 is 1.81 bits per heavy atom. The van der Waals surface area contributed by atoms with Gasteiger partial charge in [0.25, 0.3) is 0 Å². The maximum Gasteiger partial charge on any atom is 0.310 e. The van der Waals surface area contributed by atoms with E-state index >= 15 is 0 Å². The van der Waals surface area contributed by atoms with Crippen molar-refractivity contribution in [2.24, 2.45) is 11.8 Å². The molecule has 0 fully saturated rings. The summed E-state index contributed by atoms with van der Waals surface area (Å²) in [6.07, 6.45) is 1.21. The van der Waals surface area contributed by atoms with Crippen LogP contribution in [0, 0.1) is 11.8 Å². The average Bonchev–Trinajstić information content (AvgIpc) is 2.08. The molecule has 0 aliphatic heterocycles. The number of carbonyl (C=O) groups is 1. The van der Waals surface area contributed by atoms with Crippen LogP contribution in [0.4, 0.5) is 0 Å². The summed E-state index contributed by atoms with van der Waals surface area (Å²) in [6, 6.07) is 0. The third-order valence-corrected chi connectivity index (χ3v) is 3.28. The summed E-state index contributed by atoms with van der Waals surface area (Å²) in [5.41, 5.74) is -0.367. The third kappa shape index (κ3) is 9.08.